The molecule has 0 aliphatic heterocycles. The molecule has 2 aromatic heterocycles. The molecule has 2 aromatic rings. The average Bonchev–Trinajstić information content (AvgIpc) is 3.10. The lowest BCUT2D eigenvalue weighted by atomic mass is 10.0. The van der Waals surface area contributed by atoms with Crippen LogP contribution in [0.15, 0.2) is 65.1 Å². The fourth-order valence-electron chi connectivity index (χ4n) is 2.08. The third kappa shape index (κ3) is 3.33. The minimum atomic E-state index is 0.290. The highest BCUT2D eigenvalue weighted by molar-refractivity contribution is 5.78. The third-order valence-electron chi connectivity index (χ3n) is 3.10. The summed E-state index contributed by atoms with van der Waals surface area (Å²) in [5, 5.41) is 3.92. The smallest absolute Gasteiger partial charge is 0.258 e. The predicted molar refractivity (Wildman–Crippen MR) is 83.6 cm³/mol. The molecule has 0 bridgehead atoms. The highest BCUT2D eigenvalue weighted by atomic mass is 16.5. The molecule has 23 heavy (non-hydrogen) atoms. The number of allylic oxidation sites excluding steroid dienone is 4. The van der Waals surface area contributed by atoms with Crippen LogP contribution in [0.1, 0.15) is 12.3 Å². The average molecular weight is 307 g/mol. The van der Waals surface area contributed by atoms with Crippen molar-refractivity contribution in [3.05, 3.63) is 66.4 Å². The molecule has 0 radical (unpaired) electrons. The maximum absolute atomic E-state index is 11.0. The molecule has 1 aliphatic carbocycles. The lowest BCUT2D eigenvalue weighted by molar-refractivity contribution is 0.241. The first kappa shape index (κ1) is 14.7. The van der Waals surface area contributed by atoms with Gasteiger partial charge in [0.1, 0.15) is 24.0 Å². The largest absolute Gasteiger partial charge is 0.493 e. The van der Waals surface area contributed by atoms with Crippen LogP contribution in [-0.4, -0.2) is 27.7 Å². The molecule has 6 nitrogen and oxygen atoms in total. The van der Waals surface area contributed by atoms with E-state index in [0.29, 0.717) is 41.5 Å². The number of ether oxygens (including phenoxy) is 1. The molecule has 2 heterocycles. The first-order valence-electron chi connectivity index (χ1n) is 6.95. The van der Waals surface area contributed by atoms with Crippen molar-refractivity contribution in [3.63, 3.8) is 0 Å². The molecule has 0 saturated heterocycles. The van der Waals surface area contributed by atoms with Gasteiger partial charge in [0.05, 0.1) is 0 Å². The summed E-state index contributed by atoms with van der Waals surface area (Å²) in [5.74, 6) is 3.18. The molecule has 0 saturated carbocycles. The monoisotopic (exact) mass is 307 g/mol. The van der Waals surface area contributed by atoms with Crippen molar-refractivity contribution < 1.29 is 14.1 Å². The molecular weight excluding hydrogens is 294 g/mol. The van der Waals surface area contributed by atoms with Gasteiger partial charge in [0.2, 0.25) is 5.82 Å². The highest BCUT2D eigenvalue weighted by Crippen LogP contribution is 2.28. The van der Waals surface area contributed by atoms with E-state index >= 15 is 0 Å². The molecule has 0 atom stereocenters. The van der Waals surface area contributed by atoms with E-state index < -0.39 is 0 Å². The van der Waals surface area contributed by atoms with Crippen LogP contribution in [0.3, 0.4) is 0 Å². The topological polar surface area (TPSA) is 78.1 Å². The Morgan fingerprint density at radius 3 is 3.04 bits per heavy atom. The van der Waals surface area contributed by atoms with Gasteiger partial charge in [0.25, 0.3) is 5.89 Å². The second kappa shape index (κ2) is 6.68. The SMILES string of the molecule is C=CCOC1=CC(c2nc(-c3ccccn3)no2)=CC(=C=O)C1. The van der Waals surface area contributed by atoms with Gasteiger partial charge in [-0.25, -0.2) is 4.79 Å². The second-order valence-corrected chi connectivity index (χ2v) is 4.75. The molecule has 6 heteroatoms. The summed E-state index contributed by atoms with van der Waals surface area (Å²) in [6.45, 7) is 3.95. The Labute approximate surface area is 132 Å². The fourth-order valence-corrected chi connectivity index (χ4v) is 2.08. The molecule has 0 spiro atoms. The maximum Gasteiger partial charge on any atom is 0.258 e. The van der Waals surface area contributed by atoms with Crippen LogP contribution >= 0.6 is 0 Å². The summed E-state index contributed by atoms with van der Waals surface area (Å²) in [6, 6.07) is 5.43. The summed E-state index contributed by atoms with van der Waals surface area (Å²) in [6.07, 6.45) is 7.08. The summed E-state index contributed by atoms with van der Waals surface area (Å²) >= 11 is 0. The van der Waals surface area contributed by atoms with E-state index in [9.17, 15) is 4.79 Å². The Kier molecular flexibility index (Phi) is 4.27. The van der Waals surface area contributed by atoms with E-state index in [0.717, 1.165) is 0 Å². The lowest BCUT2D eigenvalue weighted by Crippen LogP contribution is -2.01. The third-order valence-corrected chi connectivity index (χ3v) is 3.10. The minimum Gasteiger partial charge on any atom is -0.493 e. The standard InChI is InChI=1S/C17H13N3O3/c1-2-7-22-14-9-12(11-21)8-13(10-14)17-19-16(20-23-17)15-5-3-4-6-18-15/h2-6,8,10H,1,7,9H2. The number of hydrogen-bond donors (Lipinski definition) is 0. The summed E-state index contributed by atoms with van der Waals surface area (Å²) in [4.78, 5) is 19.5. The zero-order chi connectivity index (χ0) is 16.1. The highest BCUT2D eigenvalue weighted by Gasteiger charge is 2.18. The Balaban J connectivity index is 1.92. The van der Waals surface area contributed by atoms with Gasteiger partial charge in [-0.3, -0.25) is 4.98 Å². The zero-order valence-electron chi connectivity index (χ0n) is 12.2. The molecule has 0 fully saturated rings. The van der Waals surface area contributed by atoms with Crippen LogP contribution in [0.5, 0.6) is 0 Å². The predicted octanol–water partition coefficient (Wildman–Crippen LogP) is 2.76. The van der Waals surface area contributed by atoms with Crippen molar-refractivity contribution in [2.75, 3.05) is 6.61 Å². The number of pyridine rings is 1. The van der Waals surface area contributed by atoms with Crippen LogP contribution in [0.2, 0.25) is 0 Å². The Hall–Kier alpha value is -3.24. The number of hydrogen-bond acceptors (Lipinski definition) is 6. The molecule has 3 rings (SSSR count). The van der Waals surface area contributed by atoms with Crippen molar-refractivity contribution in [1.82, 2.24) is 15.1 Å². The van der Waals surface area contributed by atoms with E-state index in [-0.39, 0.29) is 5.89 Å². The number of carbonyl (C=O) groups excluding carboxylic acids is 1. The maximum atomic E-state index is 11.0. The van der Waals surface area contributed by atoms with Gasteiger partial charge in [-0.2, -0.15) is 4.98 Å². The van der Waals surface area contributed by atoms with E-state index in [4.69, 9.17) is 9.26 Å². The molecule has 114 valence electrons. The summed E-state index contributed by atoms with van der Waals surface area (Å²) in [5.41, 5.74) is 1.67. The van der Waals surface area contributed by atoms with Gasteiger partial charge in [-0.15, -0.1) is 0 Å². The molecule has 1 aliphatic rings. The van der Waals surface area contributed by atoms with Gasteiger partial charge in [-0.1, -0.05) is 23.9 Å². The van der Waals surface area contributed by atoms with Gasteiger partial charge in [0.15, 0.2) is 0 Å². The van der Waals surface area contributed by atoms with Gasteiger partial charge < -0.3 is 9.26 Å². The zero-order valence-corrected chi connectivity index (χ0v) is 12.2. The van der Waals surface area contributed by atoms with E-state index in [1.54, 1.807) is 36.6 Å². The van der Waals surface area contributed by atoms with Crippen molar-refractivity contribution in [2.24, 2.45) is 0 Å². The molecular formula is C17H13N3O3. The van der Waals surface area contributed by atoms with Crippen molar-refractivity contribution >= 4 is 11.5 Å². The normalized spacial score (nSPS) is 13.8. The molecule has 0 unspecified atom stereocenters. The Morgan fingerprint density at radius 2 is 2.30 bits per heavy atom. The summed E-state index contributed by atoms with van der Waals surface area (Å²) < 4.78 is 10.8. The van der Waals surface area contributed by atoms with E-state index in [1.807, 2.05) is 12.0 Å². The summed E-state index contributed by atoms with van der Waals surface area (Å²) in [7, 11) is 0. The van der Waals surface area contributed by atoms with Crippen LogP contribution in [0, 0.1) is 0 Å². The minimum absolute atomic E-state index is 0.290. The second-order valence-electron chi connectivity index (χ2n) is 4.75. The van der Waals surface area contributed by atoms with E-state index in [1.165, 1.54) is 0 Å². The number of aromatic nitrogens is 3. The van der Waals surface area contributed by atoms with Gasteiger partial charge in [-0.05, 0) is 24.3 Å². The Bertz CT molecular complexity index is 828. The van der Waals surface area contributed by atoms with Crippen LogP contribution < -0.4 is 0 Å². The first-order chi connectivity index (χ1) is 11.3. The fraction of sp³-hybridized carbons (Fsp3) is 0.118. The number of nitrogens with zero attached hydrogens (tertiary/aromatic N) is 3. The van der Waals surface area contributed by atoms with Crippen molar-refractivity contribution in [3.8, 4) is 11.5 Å². The molecule has 0 N–H and O–H groups in total. The molecule has 0 aromatic carbocycles. The van der Waals surface area contributed by atoms with Gasteiger partial charge >= 0.3 is 0 Å². The Morgan fingerprint density at radius 1 is 1.39 bits per heavy atom. The lowest BCUT2D eigenvalue weighted by Gasteiger charge is -2.12. The first-order valence-corrected chi connectivity index (χ1v) is 6.95. The quantitative estimate of drug-likeness (QED) is 0.624. The van der Waals surface area contributed by atoms with Crippen molar-refractivity contribution in [1.29, 1.82) is 0 Å². The van der Waals surface area contributed by atoms with Crippen LogP contribution in [0.4, 0.5) is 0 Å². The van der Waals surface area contributed by atoms with E-state index in [2.05, 4.69) is 21.7 Å². The van der Waals surface area contributed by atoms with Crippen molar-refractivity contribution in [2.45, 2.75) is 6.42 Å². The number of rotatable bonds is 5. The molecule has 0 amide bonds. The van der Waals surface area contributed by atoms with Crippen LogP contribution in [-0.2, 0) is 9.53 Å². The van der Waals surface area contributed by atoms with Gasteiger partial charge in [0, 0.05) is 23.8 Å². The van der Waals surface area contributed by atoms with Crippen LogP contribution in [0.25, 0.3) is 17.1 Å².